The summed E-state index contributed by atoms with van der Waals surface area (Å²) in [6, 6.07) is 16.1. The number of aromatic amines is 1. The van der Waals surface area contributed by atoms with Crippen molar-refractivity contribution in [2.45, 2.75) is 32.7 Å². The number of carboxylic acids is 1. The second-order valence-corrected chi connectivity index (χ2v) is 8.63. The normalized spacial score (nSPS) is 22.1. The molecule has 0 aliphatic carbocycles. The summed E-state index contributed by atoms with van der Waals surface area (Å²) in [6.07, 6.45) is 2.86. The Morgan fingerprint density at radius 2 is 1.81 bits per heavy atom. The van der Waals surface area contributed by atoms with Gasteiger partial charge < -0.3 is 15.0 Å². The van der Waals surface area contributed by atoms with Crippen molar-refractivity contribution in [3.05, 3.63) is 71.9 Å². The number of fused-ring (bicyclic) bond motifs is 1. The lowest BCUT2D eigenvalue weighted by molar-refractivity contribution is -0.151. The Kier molecular flexibility index (Phi) is 6.12. The minimum Gasteiger partial charge on any atom is -0.481 e. The van der Waals surface area contributed by atoms with Crippen molar-refractivity contribution in [3.63, 3.8) is 0 Å². The van der Waals surface area contributed by atoms with Crippen molar-refractivity contribution in [1.29, 1.82) is 0 Å². The van der Waals surface area contributed by atoms with Crippen molar-refractivity contribution in [2.75, 3.05) is 6.54 Å². The predicted molar refractivity (Wildman–Crippen MR) is 122 cm³/mol. The van der Waals surface area contributed by atoms with Gasteiger partial charge in [-0.05, 0) is 29.7 Å². The number of rotatable bonds is 6. The minimum atomic E-state index is -0.976. The summed E-state index contributed by atoms with van der Waals surface area (Å²) in [5.74, 6) is -2.94. The molecule has 0 radical (unpaired) electrons. The lowest BCUT2D eigenvalue weighted by Gasteiger charge is -2.44. The largest absolute Gasteiger partial charge is 0.481 e. The van der Waals surface area contributed by atoms with Crippen LogP contribution in [0.5, 0.6) is 0 Å². The second kappa shape index (κ2) is 8.99. The molecule has 1 aromatic heterocycles. The molecule has 1 saturated heterocycles. The number of carbonyl (C=O) groups is 3. The molecular formula is C26H28N2O4. The summed E-state index contributed by atoms with van der Waals surface area (Å²) in [5, 5.41) is 10.7. The van der Waals surface area contributed by atoms with Crippen LogP contribution in [-0.4, -0.2) is 45.2 Å². The number of nitrogens with zero attached hydrogens (tertiary/aromatic N) is 1. The summed E-state index contributed by atoms with van der Waals surface area (Å²) in [5.41, 5.74) is 2.44. The van der Waals surface area contributed by atoms with E-state index in [1.807, 2.05) is 43.5 Å². The van der Waals surface area contributed by atoms with E-state index in [4.69, 9.17) is 0 Å². The Balaban J connectivity index is 1.75. The van der Waals surface area contributed by atoms with Crippen molar-refractivity contribution in [2.24, 2.45) is 17.8 Å². The van der Waals surface area contributed by atoms with E-state index >= 15 is 0 Å². The molecule has 0 bridgehead atoms. The molecule has 4 atom stereocenters. The third-order valence-corrected chi connectivity index (χ3v) is 6.79. The summed E-state index contributed by atoms with van der Waals surface area (Å²) in [4.78, 5) is 44.0. The monoisotopic (exact) mass is 432 g/mol. The van der Waals surface area contributed by atoms with Crippen LogP contribution in [0.1, 0.15) is 36.2 Å². The molecule has 32 heavy (non-hydrogen) atoms. The summed E-state index contributed by atoms with van der Waals surface area (Å²) < 4.78 is 0. The number of aliphatic carboxylic acids is 1. The average molecular weight is 433 g/mol. The van der Waals surface area contributed by atoms with Gasteiger partial charge in [-0.25, -0.2) is 0 Å². The first-order valence-electron chi connectivity index (χ1n) is 11.1. The van der Waals surface area contributed by atoms with Gasteiger partial charge in [0.15, 0.2) is 5.78 Å². The van der Waals surface area contributed by atoms with E-state index in [9.17, 15) is 19.5 Å². The van der Waals surface area contributed by atoms with Gasteiger partial charge >= 0.3 is 5.97 Å². The topological polar surface area (TPSA) is 90.5 Å². The van der Waals surface area contributed by atoms with Crippen LogP contribution in [0, 0.1) is 17.8 Å². The Morgan fingerprint density at radius 1 is 1.12 bits per heavy atom. The Labute approximate surface area is 187 Å². The van der Waals surface area contributed by atoms with E-state index in [-0.39, 0.29) is 17.6 Å². The van der Waals surface area contributed by atoms with Crippen LogP contribution in [0.15, 0.2) is 60.8 Å². The quantitative estimate of drug-likeness (QED) is 0.612. The zero-order chi connectivity index (χ0) is 22.8. The van der Waals surface area contributed by atoms with Crippen molar-refractivity contribution >= 4 is 28.6 Å². The first kappa shape index (κ1) is 21.8. The minimum absolute atomic E-state index is 0.160. The molecule has 1 amide bonds. The Morgan fingerprint density at radius 3 is 2.50 bits per heavy atom. The number of aromatic nitrogens is 1. The zero-order valence-electron chi connectivity index (χ0n) is 18.3. The van der Waals surface area contributed by atoms with Crippen molar-refractivity contribution in [3.8, 4) is 0 Å². The van der Waals surface area contributed by atoms with Gasteiger partial charge in [0, 0.05) is 41.5 Å². The fourth-order valence-electron chi connectivity index (χ4n) is 4.98. The molecule has 3 aromatic rings. The van der Waals surface area contributed by atoms with E-state index < -0.39 is 23.8 Å². The highest BCUT2D eigenvalue weighted by atomic mass is 16.4. The smallest absolute Gasteiger partial charge is 0.306 e. The number of carbonyl (C=O) groups excluding carboxylic acids is 2. The van der Waals surface area contributed by atoms with Crippen LogP contribution >= 0.6 is 0 Å². The molecule has 1 aliphatic rings. The Hall–Kier alpha value is -3.41. The number of piperidine rings is 1. The van der Waals surface area contributed by atoms with Crippen LogP contribution < -0.4 is 0 Å². The van der Waals surface area contributed by atoms with E-state index in [1.165, 1.54) is 0 Å². The van der Waals surface area contributed by atoms with Gasteiger partial charge in [-0.2, -0.15) is 0 Å². The highest BCUT2D eigenvalue weighted by molar-refractivity contribution is 6.00. The fourth-order valence-corrected chi connectivity index (χ4v) is 4.98. The maximum atomic E-state index is 13.8. The van der Waals surface area contributed by atoms with Gasteiger partial charge in [0.2, 0.25) is 0 Å². The molecule has 2 aromatic carbocycles. The number of para-hydroxylation sites is 1. The first-order valence-corrected chi connectivity index (χ1v) is 11.1. The number of likely N-dealkylation sites (tertiary alicyclic amines) is 1. The third-order valence-electron chi connectivity index (χ3n) is 6.79. The van der Waals surface area contributed by atoms with Crippen LogP contribution in [0.25, 0.3) is 10.9 Å². The van der Waals surface area contributed by atoms with Gasteiger partial charge in [0.25, 0.3) is 5.91 Å². The number of ketones is 1. The van der Waals surface area contributed by atoms with Crippen LogP contribution in [-0.2, 0) is 16.0 Å². The van der Waals surface area contributed by atoms with Gasteiger partial charge in [0.05, 0.1) is 12.0 Å². The maximum absolute atomic E-state index is 13.8. The summed E-state index contributed by atoms with van der Waals surface area (Å²) in [7, 11) is 0. The summed E-state index contributed by atoms with van der Waals surface area (Å²) >= 11 is 0. The van der Waals surface area contributed by atoms with E-state index in [1.54, 1.807) is 36.1 Å². The molecule has 1 fully saturated rings. The first-order chi connectivity index (χ1) is 15.4. The summed E-state index contributed by atoms with van der Waals surface area (Å²) in [6.45, 7) is 3.92. The lowest BCUT2D eigenvalue weighted by atomic mass is 9.71. The average Bonchev–Trinajstić information content (AvgIpc) is 3.22. The number of nitrogens with one attached hydrogen (secondary N) is 1. The number of Topliss-reactive ketones (excluding diaryl/α,β-unsaturated/α-hetero) is 1. The SMILES string of the molecule is CCC1CN(C(=O)c2ccccc2)C(Cc2c[nH]c3ccccc23)C(=O)C1C(C)C(=O)O. The van der Waals surface area contributed by atoms with Gasteiger partial charge in [-0.15, -0.1) is 0 Å². The number of H-pyrrole nitrogens is 1. The molecule has 0 saturated carbocycles. The molecule has 2 heterocycles. The Bertz CT molecular complexity index is 1140. The third kappa shape index (κ3) is 3.93. The second-order valence-electron chi connectivity index (χ2n) is 8.63. The van der Waals surface area contributed by atoms with E-state index in [0.717, 1.165) is 16.5 Å². The van der Waals surface area contributed by atoms with E-state index in [0.29, 0.717) is 24.9 Å². The highest BCUT2D eigenvalue weighted by Crippen LogP contribution is 2.35. The molecule has 166 valence electrons. The standard InChI is InChI=1S/C26H28N2O4/c1-3-17-15-28(25(30)18-9-5-4-6-10-18)22(24(29)23(17)16(2)26(31)32)13-19-14-27-21-12-8-7-11-20(19)21/h4-12,14,16-17,22-23,27H,3,13,15H2,1-2H3,(H,31,32). The van der Waals surface area contributed by atoms with Gasteiger partial charge in [-0.1, -0.05) is 56.7 Å². The molecule has 6 nitrogen and oxygen atoms in total. The number of carboxylic acid groups (broad SMARTS) is 1. The lowest BCUT2D eigenvalue weighted by Crippen LogP contribution is -2.58. The fraction of sp³-hybridized carbons (Fsp3) is 0.346. The molecule has 0 spiro atoms. The number of benzene rings is 2. The van der Waals surface area contributed by atoms with Crippen molar-refractivity contribution < 1.29 is 19.5 Å². The number of hydrogen-bond donors (Lipinski definition) is 2. The molecule has 1 aliphatic heterocycles. The maximum Gasteiger partial charge on any atom is 0.306 e. The molecule has 2 N–H and O–H groups in total. The van der Waals surface area contributed by atoms with Crippen LogP contribution in [0.2, 0.25) is 0 Å². The molecule has 4 unspecified atom stereocenters. The number of amides is 1. The zero-order valence-corrected chi connectivity index (χ0v) is 18.3. The van der Waals surface area contributed by atoms with Crippen molar-refractivity contribution in [1.82, 2.24) is 9.88 Å². The molecule has 6 heteroatoms. The molecular weight excluding hydrogens is 404 g/mol. The van der Waals surface area contributed by atoms with Crippen LogP contribution in [0.3, 0.4) is 0 Å². The number of hydrogen-bond acceptors (Lipinski definition) is 3. The van der Waals surface area contributed by atoms with Gasteiger partial charge in [-0.3, -0.25) is 14.4 Å². The van der Waals surface area contributed by atoms with Gasteiger partial charge in [0.1, 0.15) is 0 Å². The highest BCUT2D eigenvalue weighted by Gasteiger charge is 2.47. The molecule has 4 rings (SSSR count). The van der Waals surface area contributed by atoms with E-state index in [2.05, 4.69) is 4.98 Å². The predicted octanol–water partition coefficient (Wildman–Crippen LogP) is 4.17. The van der Waals surface area contributed by atoms with Crippen LogP contribution in [0.4, 0.5) is 0 Å².